The van der Waals surface area contributed by atoms with Gasteiger partial charge in [-0.3, -0.25) is 0 Å². The van der Waals surface area contributed by atoms with Crippen LogP contribution in [0.3, 0.4) is 0 Å². The van der Waals surface area contributed by atoms with Gasteiger partial charge in [-0.2, -0.15) is 0 Å². The molecule has 0 aromatic heterocycles. The lowest BCUT2D eigenvalue weighted by Gasteiger charge is -2.23. The van der Waals surface area contributed by atoms with Crippen molar-refractivity contribution in [2.75, 3.05) is 13.2 Å². The highest BCUT2D eigenvalue weighted by Crippen LogP contribution is 2.32. The van der Waals surface area contributed by atoms with Crippen LogP contribution in [0.25, 0.3) is 0 Å². The minimum Gasteiger partial charge on any atom is -0.395 e. The van der Waals surface area contributed by atoms with Gasteiger partial charge in [-0.15, -0.1) is 0 Å². The van der Waals surface area contributed by atoms with E-state index >= 15 is 0 Å². The number of hydrogen-bond acceptors (Lipinski definition) is 2. The zero-order valence-electron chi connectivity index (χ0n) is 5.25. The van der Waals surface area contributed by atoms with Gasteiger partial charge >= 0.3 is 0 Å². The molecule has 0 amide bonds. The second-order valence-corrected chi connectivity index (χ2v) is 2.82. The predicted molar refractivity (Wildman–Crippen MR) is 35.0 cm³/mol. The highest BCUT2D eigenvalue weighted by molar-refractivity contribution is 5.17. The number of hydrogen-bond donors (Lipinski definition) is 2. The Morgan fingerprint density at radius 3 is 2.78 bits per heavy atom. The van der Waals surface area contributed by atoms with Gasteiger partial charge in [-0.05, 0) is 5.92 Å². The molecule has 2 aliphatic rings. The van der Waals surface area contributed by atoms with Crippen molar-refractivity contribution >= 4 is 0 Å². The molecule has 3 atom stereocenters. The van der Waals surface area contributed by atoms with Crippen LogP contribution in [0.5, 0.6) is 0 Å². The number of aliphatic hydroxyl groups is 1. The van der Waals surface area contributed by atoms with Gasteiger partial charge < -0.3 is 10.4 Å². The van der Waals surface area contributed by atoms with Gasteiger partial charge in [0, 0.05) is 18.5 Å². The van der Waals surface area contributed by atoms with Crippen molar-refractivity contribution < 1.29 is 5.11 Å². The molecule has 1 heterocycles. The maximum absolute atomic E-state index is 8.79. The SMILES string of the molecule is OC[C@H]1NC[C@H]2C=C[C@H]21. The highest BCUT2D eigenvalue weighted by atomic mass is 16.3. The lowest BCUT2D eigenvalue weighted by molar-refractivity contribution is 0.232. The summed E-state index contributed by atoms with van der Waals surface area (Å²) >= 11 is 0. The molecule has 2 rings (SSSR count). The Hall–Kier alpha value is -0.340. The van der Waals surface area contributed by atoms with Crippen LogP contribution in [-0.4, -0.2) is 24.3 Å². The molecule has 1 saturated heterocycles. The quantitative estimate of drug-likeness (QED) is 0.474. The molecule has 2 heteroatoms. The third kappa shape index (κ3) is 0.635. The number of fused-ring (bicyclic) bond motifs is 1. The lowest BCUT2D eigenvalue weighted by Crippen LogP contribution is -2.31. The van der Waals surface area contributed by atoms with E-state index in [0.717, 1.165) is 12.5 Å². The molecule has 0 aromatic carbocycles. The van der Waals surface area contributed by atoms with Gasteiger partial charge in [0.2, 0.25) is 0 Å². The van der Waals surface area contributed by atoms with E-state index in [-0.39, 0.29) is 6.61 Å². The zero-order valence-corrected chi connectivity index (χ0v) is 5.25. The maximum atomic E-state index is 8.79. The van der Waals surface area contributed by atoms with Crippen LogP contribution < -0.4 is 5.32 Å². The van der Waals surface area contributed by atoms with Crippen molar-refractivity contribution in [1.82, 2.24) is 5.32 Å². The maximum Gasteiger partial charge on any atom is 0.0590 e. The Morgan fingerprint density at radius 2 is 2.44 bits per heavy atom. The summed E-state index contributed by atoms with van der Waals surface area (Å²) in [6.07, 6.45) is 4.40. The minimum atomic E-state index is 0.283. The molecule has 50 valence electrons. The van der Waals surface area contributed by atoms with Crippen molar-refractivity contribution in [2.24, 2.45) is 11.8 Å². The Balaban J connectivity index is 2.06. The fraction of sp³-hybridized carbons (Fsp3) is 0.714. The fourth-order valence-electron chi connectivity index (χ4n) is 1.64. The molecule has 2 nitrogen and oxygen atoms in total. The summed E-state index contributed by atoms with van der Waals surface area (Å²) in [6, 6.07) is 0.347. The monoisotopic (exact) mass is 125 g/mol. The standard InChI is InChI=1S/C7H11NO/c9-4-7-6-2-1-5(6)3-8-7/h1-2,5-9H,3-4H2/t5-,6-,7-/m1/s1. The van der Waals surface area contributed by atoms with Crippen LogP contribution in [0, 0.1) is 11.8 Å². The average Bonchev–Trinajstić information content (AvgIpc) is 2.07. The molecule has 0 unspecified atom stereocenters. The second-order valence-electron chi connectivity index (χ2n) is 2.82. The first-order chi connectivity index (χ1) is 4.42. The molecular weight excluding hydrogens is 114 g/mol. The summed E-state index contributed by atoms with van der Waals surface area (Å²) in [5.74, 6) is 1.36. The summed E-state index contributed by atoms with van der Waals surface area (Å²) in [5.41, 5.74) is 0. The molecule has 0 saturated carbocycles. The Kier molecular flexibility index (Phi) is 1.10. The Morgan fingerprint density at radius 1 is 1.56 bits per heavy atom. The largest absolute Gasteiger partial charge is 0.395 e. The highest BCUT2D eigenvalue weighted by Gasteiger charge is 2.36. The average molecular weight is 125 g/mol. The normalized spacial score (nSPS) is 46.6. The van der Waals surface area contributed by atoms with E-state index in [0.29, 0.717) is 12.0 Å². The van der Waals surface area contributed by atoms with E-state index in [1.165, 1.54) is 0 Å². The number of aliphatic hydroxyl groups excluding tert-OH is 1. The van der Waals surface area contributed by atoms with Crippen LogP contribution in [0.4, 0.5) is 0 Å². The van der Waals surface area contributed by atoms with Crippen molar-refractivity contribution in [2.45, 2.75) is 6.04 Å². The molecule has 9 heavy (non-hydrogen) atoms. The summed E-state index contributed by atoms with van der Waals surface area (Å²) in [6.45, 7) is 1.35. The van der Waals surface area contributed by atoms with Crippen LogP contribution in [-0.2, 0) is 0 Å². The molecular formula is C7H11NO. The second kappa shape index (κ2) is 1.82. The first-order valence-electron chi connectivity index (χ1n) is 3.44. The van der Waals surface area contributed by atoms with Gasteiger partial charge in [0.1, 0.15) is 0 Å². The smallest absolute Gasteiger partial charge is 0.0590 e. The van der Waals surface area contributed by atoms with E-state index in [1.54, 1.807) is 0 Å². The van der Waals surface area contributed by atoms with Gasteiger partial charge in [0.05, 0.1) is 6.61 Å². The van der Waals surface area contributed by atoms with Crippen molar-refractivity contribution in [1.29, 1.82) is 0 Å². The Bertz CT molecular complexity index is 144. The van der Waals surface area contributed by atoms with Crippen molar-refractivity contribution in [3.8, 4) is 0 Å². The minimum absolute atomic E-state index is 0.283. The van der Waals surface area contributed by atoms with Gasteiger partial charge in [0.15, 0.2) is 0 Å². The lowest BCUT2D eigenvalue weighted by atomic mass is 9.81. The third-order valence-corrected chi connectivity index (χ3v) is 2.35. The summed E-state index contributed by atoms with van der Waals surface area (Å²) < 4.78 is 0. The molecule has 2 N–H and O–H groups in total. The topological polar surface area (TPSA) is 32.3 Å². The van der Waals surface area contributed by atoms with E-state index in [2.05, 4.69) is 17.5 Å². The molecule has 1 aliphatic carbocycles. The zero-order chi connectivity index (χ0) is 6.27. The van der Waals surface area contributed by atoms with Crippen LogP contribution in [0.1, 0.15) is 0 Å². The summed E-state index contributed by atoms with van der Waals surface area (Å²) in [7, 11) is 0. The molecule has 0 aromatic rings. The van der Waals surface area contributed by atoms with E-state index < -0.39 is 0 Å². The van der Waals surface area contributed by atoms with E-state index in [1.807, 2.05) is 0 Å². The van der Waals surface area contributed by atoms with Gasteiger partial charge in [-0.1, -0.05) is 12.2 Å². The van der Waals surface area contributed by atoms with Crippen LogP contribution >= 0.6 is 0 Å². The summed E-state index contributed by atoms with van der Waals surface area (Å²) in [5, 5.41) is 12.0. The molecule has 0 bridgehead atoms. The molecule has 0 spiro atoms. The van der Waals surface area contributed by atoms with Crippen molar-refractivity contribution in [3.05, 3.63) is 12.2 Å². The first kappa shape index (κ1) is 5.45. The van der Waals surface area contributed by atoms with E-state index in [9.17, 15) is 0 Å². The van der Waals surface area contributed by atoms with Gasteiger partial charge in [0.25, 0.3) is 0 Å². The summed E-state index contributed by atoms with van der Waals surface area (Å²) in [4.78, 5) is 0. The number of rotatable bonds is 1. The van der Waals surface area contributed by atoms with Gasteiger partial charge in [-0.25, -0.2) is 0 Å². The molecule has 0 radical (unpaired) electrons. The van der Waals surface area contributed by atoms with Crippen LogP contribution in [0.2, 0.25) is 0 Å². The first-order valence-corrected chi connectivity index (χ1v) is 3.44. The Labute approximate surface area is 54.6 Å². The molecule has 1 fully saturated rings. The predicted octanol–water partition coefficient (Wildman–Crippen LogP) is -0.247. The van der Waals surface area contributed by atoms with Crippen molar-refractivity contribution in [3.63, 3.8) is 0 Å². The van der Waals surface area contributed by atoms with Crippen LogP contribution in [0.15, 0.2) is 12.2 Å². The number of nitrogens with one attached hydrogen (secondary N) is 1. The molecule has 1 aliphatic heterocycles. The third-order valence-electron chi connectivity index (χ3n) is 2.35. The fourth-order valence-corrected chi connectivity index (χ4v) is 1.64. The van der Waals surface area contributed by atoms with E-state index in [4.69, 9.17) is 5.11 Å².